The molecule has 0 fully saturated rings. The minimum Gasteiger partial charge on any atom is -0.460 e. The average Bonchev–Trinajstić information content (AvgIpc) is 2.91. The number of esters is 1. The predicted octanol–water partition coefficient (Wildman–Crippen LogP) is 5.25. The zero-order chi connectivity index (χ0) is 23.6. The summed E-state index contributed by atoms with van der Waals surface area (Å²) < 4.78 is 23.6. The summed E-state index contributed by atoms with van der Waals surface area (Å²) in [5.41, 5.74) is 6.58. The molecule has 0 amide bonds. The van der Waals surface area contributed by atoms with E-state index in [1.54, 1.807) is 12.1 Å². The summed E-state index contributed by atoms with van der Waals surface area (Å²) in [5.74, 6) is -0.482. The summed E-state index contributed by atoms with van der Waals surface area (Å²) in [7, 11) is 0. The van der Waals surface area contributed by atoms with Gasteiger partial charge in [-0.2, -0.15) is 9.76 Å². The van der Waals surface area contributed by atoms with Crippen LogP contribution in [-0.4, -0.2) is 16.2 Å². The Kier molecular flexibility index (Phi) is 8.35. The largest absolute Gasteiger partial charge is 0.460 e. The van der Waals surface area contributed by atoms with Crippen LogP contribution >= 0.6 is 0 Å². The van der Waals surface area contributed by atoms with Crippen molar-refractivity contribution in [1.29, 1.82) is 0 Å². The zero-order valence-corrected chi connectivity index (χ0v) is 19.3. The van der Waals surface area contributed by atoms with Crippen molar-refractivity contribution in [3.8, 4) is 11.1 Å². The average molecular weight is 472 g/mol. The summed E-state index contributed by atoms with van der Waals surface area (Å²) in [6, 6.07) is 35.4. The van der Waals surface area contributed by atoms with Crippen LogP contribution in [0.4, 0.5) is 0 Å². The van der Waals surface area contributed by atoms with Crippen LogP contribution in [0, 0.1) is 0 Å². The highest BCUT2D eigenvalue weighted by Crippen LogP contribution is 2.20. The second-order valence-corrected chi connectivity index (χ2v) is 8.77. The van der Waals surface area contributed by atoms with Crippen molar-refractivity contribution in [1.82, 2.24) is 5.48 Å². The highest BCUT2D eigenvalue weighted by Gasteiger charge is 2.22. The molecule has 0 heterocycles. The third-order valence-electron chi connectivity index (χ3n) is 5.21. The van der Waals surface area contributed by atoms with Gasteiger partial charge in [-0.3, -0.25) is 4.79 Å². The first-order valence-corrected chi connectivity index (χ1v) is 12.0. The molecule has 0 saturated heterocycles. The number of nitrogens with one attached hydrogen (secondary N) is 1. The second kappa shape index (κ2) is 12.0. The highest BCUT2D eigenvalue weighted by atomic mass is 32.2. The lowest BCUT2D eigenvalue weighted by Crippen LogP contribution is -2.40. The first kappa shape index (κ1) is 23.6. The maximum atomic E-state index is 12.8. The molecule has 0 bridgehead atoms. The van der Waals surface area contributed by atoms with Crippen molar-refractivity contribution in [2.24, 2.45) is 0 Å². The molecule has 2 unspecified atom stereocenters. The van der Waals surface area contributed by atoms with E-state index in [2.05, 4.69) is 5.48 Å². The van der Waals surface area contributed by atoms with E-state index < -0.39 is 23.1 Å². The summed E-state index contributed by atoms with van der Waals surface area (Å²) in [6.07, 6.45) is 0.332. The Morgan fingerprint density at radius 3 is 1.85 bits per heavy atom. The Balaban J connectivity index is 1.39. The van der Waals surface area contributed by atoms with Gasteiger partial charge in [0.1, 0.15) is 12.6 Å². The molecule has 0 aromatic heterocycles. The number of rotatable bonds is 10. The Hall–Kier alpha value is -3.58. The van der Waals surface area contributed by atoms with Gasteiger partial charge >= 0.3 is 5.97 Å². The minimum absolute atomic E-state index is 0.149. The van der Waals surface area contributed by atoms with Gasteiger partial charge in [0.25, 0.3) is 0 Å². The van der Waals surface area contributed by atoms with Crippen LogP contribution < -0.4 is 5.48 Å². The third kappa shape index (κ3) is 6.71. The Labute approximate surface area is 202 Å². The van der Waals surface area contributed by atoms with Crippen molar-refractivity contribution >= 4 is 17.0 Å². The molecule has 1 N–H and O–H groups in total. The van der Waals surface area contributed by atoms with Crippen LogP contribution in [0.25, 0.3) is 11.1 Å². The molecule has 0 spiro atoms. The number of benzene rings is 4. The van der Waals surface area contributed by atoms with E-state index in [-0.39, 0.29) is 6.61 Å². The Morgan fingerprint density at radius 1 is 0.706 bits per heavy atom. The number of hydrogen-bond donors (Lipinski definition) is 1. The van der Waals surface area contributed by atoms with Crippen LogP contribution in [0.5, 0.6) is 0 Å². The van der Waals surface area contributed by atoms with Crippen molar-refractivity contribution < 1.29 is 18.0 Å². The number of carbonyl (C=O) groups excluding carboxylic acids is 1. The number of hydrogen-bond acceptors (Lipinski definition) is 5. The fraction of sp³-hybridized carbons (Fsp3) is 0.107. The summed E-state index contributed by atoms with van der Waals surface area (Å²) >= 11 is -1.80. The van der Waals surface area contributed by atoms with Crippen molar-refractivity contribution in [3.63, 3.8) is 0 Å². The van der Waals surface area contributed by atoms with E-state index in [1.807, 2.05) is 103 Å². The topological polar surface area (TPSA) is 64.6 Å². The van der Waals surface area contributed by atoms with Gasteiger partial charge in [-0.25, -0.2) is 4.21 Å². The number of carbonyl (C=O) groups is 1. The van der Waals surface area contributed by atoms with E-state index in [0.29, 0.717) is 11.3 Å². The summed E-state index contributed by atoms with van der Waals surface area (Å²) in [4.78, 5) is 13.3. The van der Waals surface area contributed by atoms with Crippen LogP contribution in [0.1, 0.15) is 11.1 Å². The monoisotopic (exact) mass is 471 g/mol. The minimum atomic E-state index is -1.80. The van der Waals surface area contributed by atoms with Gasteiger partial charge in [0.05, 0.1) is 4.90 Å². The molecule has 6 heteroatoms. The molecule has 4 rings (SSSR count). The number of ether oxygens (including phenoxy) is 1. The fourth-order valence-corrected chi connectivity index (χ4v) is 4.05. The SMILES string of the molecule is O=C(OCc1ccccc1)C(Cc1ccccc1)NOS(=O)c1ccc(-c2ccccc2)cc1. The lowest BCUT2D eigenvalue weighted by molar-refractivity contribution is -0.149. The highest BCUT2D eigenvalue weighted by molar-refractivity contribution is 7.80. The van der Waals surface area contributed by atoms with E-state index in [9.17, 15) is 9.00 Å². The van der Waals surface area contributed by atoms with Gasteiger partial charge in [-0.05, 0) is 34.4 Å². The maximum Gasteiger partial charge on any atom is 0.326 e. The van der Waals surface area contributed by atoms with E-state index >= 15 is 0 Å². The molecule has 5 nitrogen and oxygen atoms in total. The molecule has 4 aromatic carbocycles. The standard InChI is InChI=1S/C28H25NO4S/c30-28(32-21-23-12-6-2-7-13-23)27(20-22-10-4-1-5-11-22)29-33-34(31)26-18-16-25(17-19-26)24-14-8-3-9-15-24/h1-19,27,29H,20-21H2. The second-order valence-electron chi connectivity index (χ2n) is 7.66. The fourth-order valence-electron chi connectivity index (χ4n) is 3.39. The first-order valence-electron chi connectivity index (χ1n) is 10.9. The molecular weight excluding hydrogens is 446 g/mol. The molecule has 0 saturated carbocycles. The molecule has 2 atom stereocenters. The van der Waals surface area contributed by atoms with Gasteiger partial charge < -0.3 is 4.74 Å². The van der Waals surface area contributed by atoms with Crippen LogP contribution in [0.15, 0.2) is 120 Å². The Bertz CT molecular complexity index is 1200. The number of hydroxylamine groups is 1. The van der Waals surface area contributed by atoms with E-state index in [1.165, 1.54) is 0 Å². The van der Waals surface area contributed by atoms with Gasteiger partial charge in [0.2, 0.25) is 11.1 Å². The van der Waals surface area contributed by atoms with Crippen LogP contribution in [0.3, 0.4) is 0 Å². The van der Waals surface area contributed by atoms with Crippen LogP contribution in [-0.2, 0) is 37.9 Å². The first-order chi connectivity index (χ1) is 16.7. The van der Waals surface area contributed by atoms with Crippen molar-refractivity contribution in [2.45, 2.75) is 24.0 Å². The quantitative estimate of drug-likeness (QED) is 0.253. The van der Waals surface area contributed by atoms with Crippen LogP contribution in [0.2, 0.25) is 0 Å². The summed E-state index contributed by atoms with van der Waals surface area (Å²) in [6.45, 7) is 0.149. The van der Waals surface area contributed by atoms with Gasteiger partial charge in [0, 0.05) is 6.42 Å². The van der Waals surface area contributed by atoms with Gasteiger partial charge in [-0.1, -0.05) is 103 Å². The van der Waals surface area contributed by atoms with E-state index in [0.717, 1.165) is 22.3 Å². The van der Waals surface area contributed by atoms with Gasteiger partial charge in [0.15, 0.2) is 0 Å². The third-order valence-corrected chi connectivity index (χ3v) is 6.12. The molecule has 0 radical (unpaired) electrons. The predicted molar refractivity (Wildman–Crippen MR) is 133 cm³/mol. The lowest BCUT2D eigenvalue weighted by Gasteiger charge is -2.17. The molecule has 172 valence electrons. The zero-order valence-electron chi connectivity index (χ0n) is 18.5. The Morgan fingerprint density at radius 2 is 1.24 bits per heavy atom. The molecule has 34 heavy (non-hydrogen) atoms. The molecular formula is C28H25NO4S. The molecule has 0 aliphatic carbocycles. The van der Waals surface area contributed by atoms with E-state index in [4.69, 9.17) is 9.02 Å². The van der Waals surface area contributed by atoms with Crippen molar-refractivity contribution in [2.75, 3.05) is 0 Å². The van der Waals surface area contributed by atoms with Gasteiger partial charge in [-0.15, -0.1) is 0 Å². The molecule has 4 aromatic rings. The molecule has 0 aliphatic heterocycles. The smallest absolute Gasteiger partial charge is 0.326 e. The molecule has 0 aliphatic rings. The van der Waals surface area contributed by atoms with Crippen molar-refractivity contribution in [3.05, 3.63) is 126 Å². The summed E-state index contributed by atoms with van der Waals surface area (Å²) in [5, 5.41) is 0. The maximum absolute atomic E-state index is 12.8. The normalized spacial score (nSPS) is 12.6. The lowest BCUT2D eigenvalue weighted by atomic mass is 10.1.